The van der Waals surface area contributed by atoms with E-state index in [1.54, 1.807) is 0 Å². The van der Waals surface area contributed by atoms with E-state index in [1.807, 2.05) is 72.8 Å². The summed E-state index contributed by atoms with van der Waals surface area (Å²) in [6, 6.07) is 23.5. The van der Waals surface area contributed by atoms with Gasteiger partial charge in [-0.25, -0.2) is 9.59 Å². The number of rotatable bonds is 1. The highest BCUT2D eigenvalue weighted by Gasteiger charge is 2.35. The second kappa shape index (κ2) is 5.02. The topological polar surface area (TPSA) is 43.4 Å². The molecular weight excluding hydrogens is 312 g/mol. The predicted molar refractivity (Wildman–Crippen MR) is 96.6 cm³/mol. The van der Waals surface area contributed by atoms with Gasteiger partial charge in [-0.15, -0.1) is 0 Å². The predicted octanol–water partition coefficient (Wildman–Crippen LogP) is 4.97. The van der Waals surface area contributed by atoms with E-state index in [4.69, 9.17) is 4.74 Å². The van der Waals surface area contributed by atoms with Crippen molar-refractivity contribution in [3.8, 4) is 11.1 Å². The van der Waals surface area contributed by atoms with E-state index in [9.17, 15) is 9.59 Å². The number of cyclic esters (lactones) is 2. The lowest BCUT2D eigenvalue weighted by atomic mass is 9.89. The molecule has 0 amide bonds. The Labute approximate surface area is 143 Å². The van der Waals surface area contributed by atoms with Gasteiger partial charge in [-0.3, -0.25) is 0 Å². The number of carbonyl (C=O) groups is 2. The Balaban J connectivity index is 1.96. The van der Waals surface area contributed by atoms with Gasteiger partial charge in [-0.2, -0.15) is 0 Å². The Kier molecular flexibility index (Phi) is 2.80. The first-order valence-corrected chi connectivity index (χ1v) is 8.04. The van der Waals surface area contributed by atoms with Crippen molar-refractivity contribution in [1.29, 1.82) is 0 Å². The monoisotopic (exact) mass is 324 g/mol. The Morgan fingerprint density at radius 1 is 0.560 bits per heavy atom. The standard InChI is InChI=1S/C22H12O3/c23-21-19-16-10-4-2-7-14(16)12-18(20(19)22(24)25-21)17-11-5-8-13-6-1-3-9-15(13)17/h1-12H. The van der Waals surface area contributed by atoms with Gasteiger partial charge < -0.3 is 4.74 Å². The molecule has 0 aliphatic carbocycles. The molecular formula is C22H12O3. The molecule has 0 aromatic heterocycles. The molecule has 0 saturated heterocycles. The molecule has 1 aliphatic rings. The lowest BCUT2D eigenvalue weighted by molar-refractivity contribution is 0.0445. The molecule has 0 saturated carbocycles. The van der Waals surface area contributed by atoms with Crippen LogP contribution in [0.15, 0.2) is 72.8 Å². The lowest BCUT2D eigenvalue weighted by Gasteiger charge is -2.11. The smallest absolute Gasteiger partial charge is 0.347 e. The summed E-state index contributed by atoms with van der Waals surface area (Å²) >= 11 is 0. The van der Waals surface area contributed by atoms with Crippen molar-refractivity contribution in [2.24, 2.45) is 0 Å². The van der Waals surface area contributed by atoms with E-state index in [0.29, 0.717) is 11.1 Å². The summed E-state index contributed by atoms with van der Waals surface area (Å²) in [7, 11) is 0. The van der Waals surface area contributed by atoms with Gasteiger partial charge >= 0.3 is 11.9 Å². The van der Waals surface area contributed by atoms with Crippen LogP contribution in [0.1, 0.15) is 20.7 Å². The maximum atomic E-state index is 12.4. The average molecular weight is 324 g/mol. The molecule has 0 spiro atoms. The second-order valence-electron chi connectivity index (χ2n) is 6.10. The van der Waals surface area contributed by atoms with Gasteiger partial charge in [0.25, 0.3) is 0 Å². The largest absolute Gasteiger partial charge is 0.386 e. The Morgan fingerprint density at radius 3 is 2.04 bits per heavy atom. The molecule has 118 valence electrons. The molecule has 1 aliphatic heterocycles. The van der Waals surface area contributed by atoms with E-state index >= 15 is 0 Å². The van der Waals surface area contributed by atoms with E-state index in [-0.39, 0.29) is 0 Å². The highest BCUT2D eigenvalue weighted by Crippen LogP contribution is 2.39. The van der Waals surface area contributed by atoms with Gasteiger partial charge in [-0.1, -0.05) is 66.7 Å². The Hall–Kier alpha value is -3.46. The van der Waals surface area contributed by atoms with Crippen LogP contribution in [0.5, 0.6) is 0 Å². The van der Waals surface area contributed by atoms with Gasteiger partial charge in [0, 0.05) is 0 Å². The summed E-state index contributed by atoms with van der Waals surface area (Å²) in [6.45, 7) is 0. The Morgan fingerprint density at radius 2 is 1.20 bits per heavy atom. The van der Waals surface area contributed by atoms with E-state index in [0.717, 1.165) is 32.7 Å². The third kappa shape index (κ3) is 1.93. The number of esters is 2. The highest BCUT2D eigenvalue weighted by molar-refractivity contribution is 6.25. The summed E-state index contributed by atoms with van der Waals surface area (Å²) in [4.78, 5) is 24.7. The summed E-state index contributed by atoms with van der Waals surface area (Å²) in [6.07, 6.45) is 0. The summed E-state index contributed by atoms with van der Waals surface area (Å²) in [5.74, 6) is -1.15. The van der Waals surface area contributed by atoms with Gasteiger partial charge in [0.15, 0.2) is 0 Å². The van der Waals surface area contributed by atoms with Crippen LogP contribution in [0.4, 0.5) is 0 Å². The van der Waals surface area contributed by atoms with Crippen LogP contribution in [-0.4, -0.2) is 11.9 Å². The molecule has 4 aromatic rings. The SMILES string of the molecule is O=C1OC(=O)c2c1c(-c1cccc3ccccc13)cc1ccccc21. The van der Waals surface area contributed by atoms with Crippen molar-refractivity contribution in [2.75, 3.05) is 0 Å². The quantitative estimate of drug-likeness (QED) is 0.367. The van der Waals surface area contributed by atoms with Crippen molar-refractivity contribution in [3.63, 3.8) is 0 Å². The molecule has 5 rings (SSSR count). The zero-order valence-electron chi connectivity index (χ0n) is 13.2. The molecule has 3 nitrogen and oxygen atoms in total. The van der Waals surface area contributed by atoms with Crippen LogP contribution in [-0.2, 0) is 4.74 Å². The van der Waals surface area contributed by atoms with Gasteiger partial charge in [0.05, 0.1) is 11.1 Å². The van der Waals surface area contributed by atoms with Crippen molar-refractivity contribution in [1.82, 2.24) is 0 Å². The van der Waals surface area contributed by atoms with Crippen LogP contribution in [0, 0.1) is 0 Å². The first-order valence-electron chi connectivity index (χ1n) is 8.04. The minimum absolute atomic E-state index is 0.361. The molecule has 25 heavy (non-hydrogen) atoms. The third-order valence-corrected chi connectivity index (χ3v) is 4.72. The third-order valence-electron chi connectivity index (χ3n) is 4.72. The fraction of sp³-hybridized carbons (Fsp3) is 0. The lowest BCUT2D eigenvalue weighted by Crippen LogP contribution is -1.98. The molecule has 0 atom stereocenters. The first kappa shape index (κ1) is 13.9. The van der Waals surface area contributed by atoms with E-state index in [2.05, 4.69) is 0 Å². The molecule has 4 aromatic carbocycles. The molecule has 1 heterocycles. The second-order valence-corrected chi connectivity index (χ2v) is 6.10. The van der Waals surface area contributed by atoms with Crippen LogP contribution in [0.3, 0.4) is 0 Å². The van der Waals surface area contributed by atoms with E-state index in [1.165, 1.54) is 0 Å². The number of hydrogen-bond donors (Lipinski definition) is 0. The van der Waals surface area contributed by atoms with Crippen LogP contribution >= 0.6 is 0 Å². The van der Waals surface area contributed by atoms with Crippen LogP contribution in [0.2, 0.25) is 0 Å². The molecule has 0 N–H and O–H groups in total. The normalized spacial score (nSPS) is 13.3. The maximum Gasteiger partial charge on any atom is 0.347 e. The van der Waals surface area contributed by atoms with Crippen molar-refractivity contribution in [2.45, 2.75) is 0 Å². The van der Waals surface area contributed by atoms with E-state index < -0.39 is 11.9 Å². The van der Waals surface area contributed by atoms with Gasteiger partial charge in [0.1, 0.15) is 0 Å². The van der Waals surface area contributed by atoms with Gasteiger partial charge in [-0.05, 0) is 38.7 Å². The van der Waals surface area contributed by atoms with Crippen LogP contribution in [0.25, 0.3) is 32.7 Å². The summed E-state index contributed by atoms with van der Waals surface area (Å²) in [5.41, 5.74) is 2.39. The number of hydrogen-bond acceptors (Lipinski definition) is 3. The van der Waals surface area contributed by atoms with Crippen molar-refractivity contribution < 1.29 is 14.3 Å². The minimum atomic E-state index is -0.575. The maximum absolute atomic E-state index is 12.4. The minimum Gasteiger partial charge on any atom is -0.386 e. The molecule has 0 bridgehead atoms. The highest BCUT2D eigenvalue weighted by atomic mass is 16.6. The molecule has 0 fully saturated rings. The summed E-state index contributed by atoms with van der Waals surface area (Å²) < 4.78 is 4.94. The number of ether oxygens (including phenoxy) is 1. The number of fused-ring (bicyclic) bond motifs is 4. The zero-order valence-corrected chi connectivity index (χ0v) is 13.2. The average Bonchev–Trinajstić information content (AvgIpc) is 2.95. The molecule has 0 unspecified atom stereocenters. The molecule has 3 heteroatoms. The Bertz CT molecular complexity index is 1200. The zero-order chi connectivity index (χ0) is 17.0. The number of benzene rings is 4. The van der Waals surface area contributed by atoms with Crippen molar-refractivity contribution >= 4 is 33.5 Å². The molecule has 0 radical (unpaired) electrons. The fourth-order valence-electron chi connectivity index (χ4n) is 3.63. The van der Waals surface area contributed by atoms with Gasteiger partial charge in [0.2, 0.25) is 0 Å². The first-order chi connectivity index (χ1) is 12.2. The number of carbonyl (C=O) groups excluding carboxylic acids is 2. The van der Waals surface area contributed by atoms with Crippen molar-refractivity contribution in [3.05, 3.63) is 83.9 Å². The van der Waals surface area contributed by atoms with Crippen LogP contribution < -0.4 is 0 Å². The summed E-state index contributed by atoms with van der Waals surface area (Å²) in [5, 5.41) is 3.78. The fourth-order valence-corrected chi connectivity index (χ4v) is 3.63.